The van der Waals surface area contributed by atoms with Crippen LogP contribution in [0.5, 0.6) is 5.75 Å². The van der Waals surface area contributed by atoms with Crippen LogP contribution in [-0.4, -0.2) is 21.4 Å². The average Bonchev–Trinajstić information content (AvgIpc) is 2.47. The molecule has 7 heteroatoms. The van der Waals surface area contributed by atoms with Crippen molar-refractivity contribution in [3.05, 3.63) is 54.1 Å². The molecule has 0 unspecified atom stereocenters. The van der Waals surface area contributed by atoms with Crippen molar-refractivity contribution in [2.24, 2.45) is 5.73 Å². The first-order valence-electron chi connectivity index (χ1n) is 6.00. The summed E-state index contributed by atoms with van der Waals surface area (Å²) in [5.41, 5.74) is 5.49. The minimum absolute atomic E-state index is 0.0569. The summed E-state index contributed by atoms with van der Waals surface area (Å²) < 4.78 is 32.0. The van der Waals surface area contributed by atoms with Gasteiger partial charge in [-0.25, -0.2) is 8.42 Å². The van der Waals surface area contributed by atoms with Gasteiger partial charge in [-0.1, -0.05) is 12.1 Å². The smallest absolute Gasteiger partial charge is 0.262 e. The van der Waals surface area contributed by atoms with Crippen LogP contribution in [0.3, 0.4) is 0 Å². The Labute approximate surface area is 122 Å². The third-order valence-electron chi connectivity index (χ3n) is 2.78. The lowest BCUT2D eigenvalue weighted by molar-refractivity contribution is 0.0997. The lowest BCUT2D eigenvalue weighted by atomic mass is 10.2. The highest BCUT2D eigenvalue weighted by Crippen LogP contribution is 2.21. The number of carbonyl (C=O) groups is 1. The third-order valence-corrected chi connectivity index (χ3v) is 4.22. The molecule has 0 heterocycles. The number of methoxy groups -OCH3 is 1. The van der Waals surface area contributed by atoms with Crippen LogP contribution >= 0.6 is 0 Å². The molecule has 0 saturated carbocycles. The van der Waals surface area contributed by atoms with Crippen LogP contribution in [0.25, 0.3) is 0 Å². The number of rotatable bonds is 5. The summed E-state index contributed by atoms with van der Waals surface area (Å²) >= 11 is 0. The van der Waals surface area contributed by atoms with Crippen molar-refractivity contribution >= 4 is 21.6 Å². The van der Waals surface area contributed by atoms with E-state index in [1.54, 1.807) is 30.3 Å². The molecule has 0 spiro atoms. The number of carbonyl (C=O) groups excluding carboxylic acids is 1. The van der Waals surface area contributed by atoms with E-state index in [1.807, 2.05) is 0 Å². The zero-order valence-electron chi connectivity index (χ0n) is 11.2. The van der Waals surface area contributed by atoms with Gasteiger partial charge >= 0.3 is 0 Å². The molecule has 21 heavy (non-hydrogen) atoms. The molecule has 1 amide bonds. The quantitative estimate of drug-likeness (QED) is 0.876. The van der Waals surface area contributed by atoms with E-state index in [-0.39, 0.29) is 10.5 Å². The molecule has 6 nitrogen and oxygen atoms in total. The fourth-order valence-corrected chi connectivity index (χ4v) is 3.05. The van der Waals surface area contributed by atoms with Crippen molar-refractivity contribution in [2.75, 3.05) is 11.8 Å². The fourth-order valence-electron chi connectivity index (χ4n) is 1.77. The number of amides is 1. The Balaban J connectivity index is 2.36. The van der Waals surface area contributed by atoms with Gasteiger partial charge in [0, 0.05) is 5.69 Å². The van der Waals surface area contributed by atoms with Crippen molar-refractivity contribution < 1.29 is 17.9 Å². The minimum atomic E-state index is -3.90. The van der Waals surface area contributed by atoms with Crippen molar-refractivity contribution in [1.29, 1.82) is 0 Å². The number of hydrogen-bond donors (Lipinski definition) is 2. The number of sulfonamides is 1. The van der Waals surface area contributed by atoms with Crippen LogP contribution in [-0.2, 0) is 10.0 Å². The highest BCUT2D eigenvalue weighted by Gasteiger charge is 2.20. The molecule has 0 aliphatic rings. The molecule has 2 aromatic carbocycles. The van der Waals surface area contributed by atoms with Gasteiger partial charge in [0.05, 0.1) is 12.7 Å². The number of anilines is 1. The van der Waals surface area contributed by atoms with E-state index in [9.17, 15) is 13.2 Å². The first-order valence-corrected chi connectivity index (χ1v) is 7.48. The van der Waals surface area contributed by atoms with Crippen LogP contribution in [0, 0.1) is 0 Å². The Bertz CT molecular complexity index is 755. The van der Waals surface area contributed by atoms with Crippen LogP contribution < -0.4 is 15.2 Å². The van der Waals surface area contributed by atoms with E-state index in [1.165, 1.54) is 25.3 Å². The van der Waals surface area contributed by atoms with E-state index in [0.29, 0.717) is 11.4 Å². The molecule has 0 fully saturated rings. The Morgan fingerprint density at radius 3 is 2.29 bits per heavy atom. The number of hydrogen-bond acceptors (Lipinski definition) is 4. The van der Waals surface area contributed by atoms with Gasteiger partial charge in [-0.05, 0) is 36.4 Å². The lowest BCUT2D eigenvalue weighted by Gasteiger charge is -2.11. The molecule has 0 aliphatic heterocycles. The topological polar surface area (TPSA) is 98.5 Å². The number of nitrogens with two attached hydrogens (primary N) is 1. The van der Waals surface area contributed by atoms with Crippen LogP contribution in [0.1, 0.15) is 10.4 Å². The zero-order chi connectivity index (χ0) is 15.5. The van der Waals surface area contributed by atoms with Crippen LogP contribution in [0.4, 0.5) is 5.69 Å². The van der Waals surface area contributed by atoms with Crippen molar-refractivity contribution in [1.82, 2.24) is 0 Å². The Hall–Kier alpha value is -2.54. The molecule has 0 aliphatic carbocycles. The summed E-state index contributed by atoms with van der Waals surface area (Å²) in [6.07, 6.45) is 0. The molecule has 3 N–H and O–H groups in total. The van der Waals surface area contributed by atoms with Gasteiger partial charge in [0.2, 0.25) is 5.91 Å². The number of nitrogens with one attached hydrogen (secondary N) is 1. The highest BCUT2D eigenvalue weighted by molar-refractivity contribution is 7.92. The summed E-state index contributed by atoms with van der Waals surface area (Å²) in [5, 5.41) is 0. The van der Waals surface area contributed by atoms with E-state index in [2.05, 4.69) is 4.72 Å². The van der Waals surface area contributed by atoms with Crippen molar-refractivity contribution in [2.45, 2.75) is 4.90 Å². The van der Waals surface area contributed by atoms with Gasteiger partial charge in [-0.2, -0.15) is 0 Å². The van der Waals surface area contributed by atoms with Gasteiger partial charge in [-0.15, -0.1) is 0 Å². The molecule has 2 rings (SSSR count). The van der Waals surface area contributed by atoms with E-state index in [4.69, 9.17) is 10.5 Å². The largest absolute Gasteiger partial charge is 0.497 e. The molecule has 110 valence electrons. The maximum absolute atomic E-state index is 12.3. The first-order chi connectivity index (χ1) is 9.94. The first kappa shape index (κ1) is 14.9. The van der Waals surface area contributed by atoms with Crippen LogP contribution in [0.2, 0.25) is 0 Å². The normalized spacial score (nSPS) is 10.9. The molecule has 0 saturated heterocycles. The Morgan fingerprint density at radius 1 is 1.10 bits per heavy atom. The monoisotopic (exact) mass is 306 g/mol. The summed E-state index contributed by atoms with van der Waals surface area (Å²) in [4.78, 5) is 11.2. The summed E-state index contributed by atoms with van der Waals surface area (Å²) in [6.45, 7) is 0. The Kier molecular flexibility index (Phi) is 4.13. The van der Waals surface area contributed by atoms with E-state index in [0.717, 1.165) is 0 Å². The SMILES string of the molecule is COc1ccc(NS(=O)(=O)c2ccccc2C(N)=O)cc1. The third kappa shape index (κ3) is 3.32. The summed E-state index contributed by atoms with van der Waals surface area (Å²) in [7, 11) is -2.38. The number of primary amides is 1. The van der Waals surface area contributed by atoms with Gasteiger partial charge in [0.1, 0.15) is 10.6 Å². The molecular weight excluding hydrogens is 292 g/mol. The van der Waals surface area contributed by atoms with Gasteiger partial charge in [-0.3, -0.25) is 9.52 Å². The minimum Gasteiger partial charge on any atom is -0.497 e. The highest BCUT2D eigenvalue weighted by atomic mass is 32.2. The van der Waals surface area contributed by atoms with E-state index >= 15 is 0 Å². The van der Waals surface area contributed by atoms with Gasteiger partial charge in [0.25, 0.3) is 10.0 Å². The standard InChI is InChI=1S/C14H14N2O4S/c1-20-11-8-6-10(7-9-11)16-21(18,19)13-5-3-2-4-12(13)14(15)17/h2-9,16H,1H3,(H2,15,17). The average molecular weight is 306 g/mol. The number of ether oxygens (including phenoxy) is 1. The second kappa shape index (κ2) is 5.84. The lowest BCUT2D eigenvalue weighted by Crippen LogP contribution is -2.20. The molecule has 0 bridgehead atoms. The Morgan fingerprint density at radius 2 is 1.71 bits per heavy atom. The van der Waals surface area contributed by atoms with E-state index < -0.39 is 15.9 Å². The molecule has 0 atom stereocenters. The molecule has 0 aromatic heterocycles. The van der Waals surface area contributed by atoms with Crippen molar-refractivity contribution in [3.63, 3.8) is 0 Å². The molecular formula is C14H14N2O4S. The number of benzene rings is 2. The maximum Gasteiger partial charge on any atom is 0.262 e. The van der Waals surface area contributed by atoms with Crippen LogP contribution in [0.15, 0.2) is 53.4 Å². The zero-order valence-corrected chi connectivity index (χ0v) is 12.1. The predicted molar refractivity (Wildman–Crippen MR) is 78.8 cm³/mol. The van der Waals surface area contributed by atoms with Gasteiger partial charge in [0.15, 0.2) is 0 Å². The summed E-state index contributed by atoms with van der Waals surface area (Å²) in [5.74, 6) is -0.193. The second-order valence-corrected chi connectivity index (χ2v) is 5.85. The maximum atomic E-state index is 12.3. The predicted octanol–water partition coefficient (Wildman–Crippen LogP) is 1.59. The van der Waals surface area contributed by atoms with Gasteiger partial charge < -0.3 is 10.5 Å². The fraction of sp³-hybridized carbons (Fsp3) is 0.0714. The second-order valence-electron chi connectivity index (χ2n) is 4.19. The molecule has 2 aromatic rings. The summed E-state index contributed by atoms with van der Waals surface area (Å²) in [6, 6.07) is 12.1. The van der Waals surface area contributed by atoms with Crippen molar-refractivity contribution in [3.8, 4) is 5.75 Å². The molecule has 0 radical (unpaired) electrons.